The van der Waals surface area contributed by atoms with Gasteiger partial charge in [0.05, 0.1) is 17.2 Å². The molecule has 0 N–H and O–H groups in total. The number of ketones is 1. The number of terminal acetylenes is 1. The molecule has 0 amide bonds. The molecular formula is C10H4ClNO. The van der Waals surface area contributed by atoms with Crippen LogP contribution < -0.4 is 0 Å². The molecule has 1 rings (SSSR count). The summed E-state index contributed by atoms with van der Waals surface area (Å²) >= 11 is 5.64. The average molecular weight is 190 g/mol. The number of carbonyl (C=O) groups is 1. The fraction of sp³-hybridized carbons (Fsp3) is 0. The lowest BCUT2D eigenvalue weighted by Gasteiger charge is -1.97. The first-order chi connectivity index (χ1) is 6.19. The fourth-order valence-electron chi connectivity index (χ4n) is 0.880. The number of nitrogens with zero attached hydrogens (tertiary/aromatic N) is 1. The third-order valence-corrected chi connectivity index (χ3v) is 1.71. The Bertz CT molecular complexity index is 437. The van der Waals surface area contributed by atoms with Gasteiger partial charge in [0.25, 0.3) is 0 Å². The number of carbonyl (C=O) groups excluding carboxylic acids is 1. The van der Waals surface area contributed by atoms with Crippen molar-refractivity contribution in [2.45, 2.75) is 0 Å². The molecule has 1 aromatic rings. The lowest BCUT2D eigenvalue weighted by atomic mass is 10.1. The molecule has 1 aromatic carbocycles. The molecule has 0 aliphatic heterocycles. The molecule has 62 valence electrons. The Morgan fingerprint density at radius 1 is 1.54 bits per heavy atom. The van der Waals surface area contributed by atoms with Crippen molar-refractivity contribution in [3.8, 4) is 18.4 Å². The smallest absolute Gasteiger partial charge is 0.237 e. The summed E-state index contributed by atoms with van der Waals surface area (Å²) in [7, 11) is 0. The van der Waals surface area contributed by atoms with Crippen molar-refractivity contribution in [3.05, 3.63) is 34.3 Å². The van der Waals surface area contributed by atoms with Gasteiger partial charge in [-0.05, 0) is 24.1 Å². The zero-order valence-corrected chi connectivity index (χ0v) is 7.30. The van der Waals surface area contributed by atoms with E-state index in [-0.39, 0.29) is 11.1 Å². The second-order valence-corrected chi connectivity index (χ2v) is 2.71. The van der Waals surface area contributed by atoms with Crippen LogP contribution in [0.3, 0.4) is 0 Å². The van der Waals surface area contributed by atoms with Gasteiger partial charge in [-0.15, -0.1) is 6.42 Å². The van der Waals surface area contributed by atoms with Crippen LogP contribution in [0.2, 0.25) is 5.02 Å². The maximum Gasteiger partial charge on any atom is 0.237 e. The van der Waals surface area contributed by atoms with Gasteiger partial charge in [0.1, 0.15) is 0 Å². The van der Waals surface area contributed by atoms with Gasteiger partial charge in [-0.25, -0.2) is 0 Å². The predicted molar refractivity (Wildman–Crippen MR) is 49.3 cm³/mol. The first-order valence-corrected chi connectivity index (χ1v) is 3.77. The van der Waals surface area contributed by atoms with E-state index < -0.39 is 5.78 Å². The van der Waals surface area contributed by atoms with Crippen LogP contribution in [0.5, 0.6) is 0 Å². The molecule has 0 unspecified atom stereocenters. The van der Waals surface area contributed by atoms with Crippen LogP contribution >= 0.6 is 11.6 Å². The Balaban J connectivity index is 3.36. The molecule has 0 heterocycles. The summed E-state index contributed by atoms with van der Waals surface area (Å²) in [4.78, 5) is 11.1. The maximum absolute atomic E-state index is 11.1. The number of Topliss-reactive ketones (excluding diaryl/α,β-unsaturated/α-hetero) is 1. The number of rotatable bonds is 1. The molecule has 13 heavy (non-hydrogen) atoms. The fourth-order valence-corrected chi connectivity index (χ4v) is 1.05. The van der Waals surface area contributed by atoms with Crippen molar-refractivity contribution < 1.29 is 4.79 Å². The normalized spacial score (nSPS) is 8.54. The summed E-state index contributed by atoms with van der Waals surface area (Å²) in [6.45, 7) is 0. The van der Waals surface area contributed by atoms with E-state index in [2.05, 4.69) is 0 Å². The number of halogens is 1. The van der Waals surface area contributed by atoms with E-state index >= 15 is 0 Å². The van der Waals surface area contributed by atoms with Gasteiger partial charge < -0.3 is 0 Å². The Hall–Kier alpha value is -1.77. The third kappa shape index (κ3) is 1.87. The SMILES string of the molecule is C#CC(=O)c1cc(Cl)ccc1C#N. The topological polar surface area (TPSA) is 40.9 Å². The second-order valence-electron chi connectivity index (χ2n) is 2.28. The van der Waals surface area contributed by atoms with Crippen molar-refractivity contribution in [1.29, 1.82) is 5.26 Å². The van der Waals surface area contributed by atoms with Crippen molar-refractivity contribution >= 4 is 17.4 Å². The Labute approximate surface area is 80.7 Å². The Kier molecular flexibility index (Phi) is 2.69. The third-order valence-electron chi connectivity index (χ3n) is 1.48. The van der Waals surface area contributed by atoms with E-state index in [4.69, 9.17) is 23.3 Å². The van der Waals surface area contributed by atoms with E-state index in [9.17, 15) is 4.79 Å². The van der Waals surface area contributed by atoms with Crippen molar-refractivity contribution in [3.63, 3.8) is 0 Å². The van der Waals surface area contributed by atoms with Crippen LogP contribution in [-0.4, -0.2) is 5.78 Å². The molecule has 0 aliphatic carbocycles. The molecule has 0 saturated carbocycles. The summed E-state index contributed by atoms with van der Waals surface area (Å²) in [6.07, 6.45) is 4.93. The van der Waals surface area contributed by atoms with Crippen LogP contribution in [0, 0.1) is 23.7 Å². The lowest BCUT2D eigenvalue weighted by molar-refractivity contribution is 0.105. The zero-order chi connectivity index (χ0) is 9.84. The largest absolute Gasteiger partial charge is 0.279 e. The quantitative estimate of drug-likeness (QED) is 0.385. The molecule has 0 bridgehead atoms. The highest BCUT2D eigenvalue weighted by Crippen LogP contribution is 2.15. The second kappa shape index (κ2) is 3.76. The highest BCUT2D eigenvalue weighted by molar-refractivity contribution is 6.31. The van der Waals surface area contributed by atoms with Crippen LogP contribution in [0.1, 0.15) is 15.9 Å². The van der Waals surface area contributed by atoms with Gasteiger partial charge in [-0.1, -0.05) is 11.6 Å². The number of benzene rings is 1. The summed E-state index contributed by atoms with van der Waals surface area (Å²) in [6, 6.07) is 6.25. The molecular weight excluding hydrogens is 186 g/mol. The van der Waals surface area contributed by atoms with Crippen LogP contribution in [0.4, 0.5) is 0 Å². The van der Waals surface area contributed by atoms with Gasteiger partial charge in [0.2, 0.25) is 5.78 Å². The van der Waals surface area contributed by atoms with E-state index in [0.29, 0.717) is 5.02 Å². The zero-order valence-electron chi connectivity index (χ0n) is 6.54. The van der Waals surface area contributed by atoms with Crippen molar-refractivity contribution in [1.82, 2.24) is 0 Å². The minimum Gasteiger partial charge on any atom is -0.279 e. The minimum absolute atomic E-state index is 0.178. The first kappa shape index (κ1) is 9.32. The predicted octanol–water partition coefficient (Wildman–Crippen LogP) is 2.03. The Morgan fingerprint density at radius 2 is 2.23 bits per heavy atom. The van der Waals surface area contributed by atoms with Gasteiger partial charge >= 0.3 is 0 Å². The average Bonchev–Trinajstić information content (AvgIpc) is 2.16. The number of nitriles is 1. The van der Waals surface area contributed by atoms with E-state index in [1.807, 2.05) is 12.0 Å². The highest BCUT2D eigenvalue weighted by atomic mass is 35.5. The summed E-state index contributed by atoms with van der Waals surface area (Å²) in [5.41, 5.74) is 0.421. The molecule has 0 radical (unpaired) electrons. The number of hydrogen-bond acceptors (Lipinski definition) is 2. The summed E-state index contributed by atoms with van der Waals surface area (Å²) in [5, 5.41) is 9.03. The van der Waals surface area contributed by atoms with E-state index in [0.717, 1.165) is 0 Å². The standard InChI is InChI=1S/C10H4ClNO/c1-2-10(13)9-5-8(11)4-3-7(9)6-12/h1,3-5H. The molecule has 3 heteroatoms. The summed E-state index contributed by atoms with van der Waals surface area (Å²) in [5.74, 6) is 1.41. The van der Waals surface area contributed by atoms with Gasteiger partial charge in [-0.2, -0.15) is 5.26 Å². The highest BCUT2D eigenvalue weighted by Gasteiger charge is 2.08. The van der Waals surface area contributed by atoms with Crippen LogP contribution in [-0.2, 0) is 0 Å². The molecule has 0 atom stereocenters. The van der Waals surface area contributed by atoms with Gasteiger partial charge in [-0.3, -0.25) is 4.79 Å². The molecule has 0 aliphatic rings. The lowest BCUT2D eigenvalue weighted by Crippen LogP contribution is -1.98. The maximum atomic E-state index is 11.1. The van der Waals surface area contributed by atoms with Gasteiger partial charge in [0, 0.05) is 5.02 Å². The molecule has 0 saturated heterocycles. The molecule has 0 aromatic heterocycles. The molecule has 0 fully saturated rings. The minimum atomic E-state index is -0.529. The van der Waals surface area contributed by atoms with Crippen LogP contribution in [0.15, 0.2) is 18.2 Å². The van der Waals surface area contributed by atoms with Crippen molar-refractivity contribution in [2.75, 3.05) is 0 Å². The molecule has 2 nitrogen and oxygen atoms in total. The van der Waals surface area contributed by atoms with Gasteiger partial charge in [0.15, 0.2) is 0 Å². The van der Waals surface area contributed by atoms with E-state index in [1.165, 1.54) is 18.2 Å². The van der Waals surface area contributed by atoms with Crippen LogP contribution in [0.25, 0.3) is 0 Å². The Morgan fingerprint density at radius 3 is 2.77 bits per heavy atom. The molecule has 0 spiro atoms. The van der Waals surface area contributed by atoms with E-state index in [1.54, 1.807) is 0 Å². The monoisotopic (exact) mass is 189 g/mol. The van der Waals surface area contributed by atoms with Crippen molar-refractivity contribution in [2.24, 2.45) is 0 Å². The first-order valence-electron chi connectivity index (χ1n) is 3.39. The summed E-state index contributed by atoms with van der Waals surface area (Å²) < 4.78 is 0. The number of hydrogen-bond donors (Lipinski definition) is 0.